The third-order valence-corrected chi connectivity index (χ3v) is 4.35. The van der Waals surface area contributed by atoms with Gasteiger partial charge < -0.3 is 0 Å². The zero-order chi connectivity index (χ0) is 20.8. The van der Waals surface area contributed by atoms with Crippen LogP contribution in [0.25, 0.3) is 10.8 Å². The molecule has 0 unspecified atom stereocenters. The predicted molar refractivity (Wildman–Crippen MR) is 117 cm³/mol. The molecular weight excluding hydrogens is 364 g/mol. The summed E-state index contributed by atoms with van der Waals surface area (Å²) in [6.07, 6.45) is 0. The van der Waals surface area contributed by atoms with Crippen molar-refractivity contribution in [3.63, 3.8) is 0 Å². The van der Waals surface area contributed by atoms with Crippen molar-refractivity contribution >= 4 is 33.9 Å². The molecule has 0 aromatic heterocycles. The summed E-state index contributed by atoms with van der Waals surface area (Å²) in [5, 5.41) is 1.97. The lowest BCUT2D eigenvalue weighted by Crippen LogP contribution is -1.95. The van der Waals surface area contributed by atoms with Gasteiger partial charge in [-0.1, -0.05) is 56.0 Å². The third kappa shape index (κ3) is 6.32. The molecule has 150 valence electrons. The fourth-order valence-electron chi connectivity index (χ4n) is 2.62. The maximum absolute atomic E-state index is 11.2. The molecule has 0 saturated carbocycles. The van der Waals surface area contributed by atoms with Crippen LogP contribution in [0.3, 0.4) is 0 Å². The van der Waals surface area contributed by atoms with Gasteiger partial charge in [-0.3, -0.25) is 19.2 Å². The molecule has 0 atom stereocenters. The Bertz CT molecular complexity index is 974. The third-order valence-electron chi connectivity index (χ3n) is 4.35. The van der Waals surface area contributed by atoms with Crippen molar-refractivity contribution in [2.24, 2.45) is 0 Å². The predicted octanol–water partition coefficient (Wildman–Crippen LogP) is 5.97. The number of fused-ring (bicyclic) bond motifs is 1. The molecule has 0 aliphatic carbocycles. The molecule has 0 fully saturated rings. The van der Waals surface area contributed by atoms with Gasteiger partial charge in [-0.25, -0.2) is 0 Å². The van der Waals surface area contributed by atoms with Crippen molar-refractivity contribution in [2.75, 3.05) is 0 Å². The summed E-state index contributed by atoms with van der Waals surface area (Å²) < 4.78 is 0. The first kappa shape index (κ1) is 23.6. The molecule has 4 heteroatoms. The van der Waals surface area contributed by atoms with Crippen molar-refractivity contribution in [3.05, 3.63) is 82.9 Å². The topological polar surface area (TPSA) is 68.3 Å². The van der Waals surface area contributed by atoms with Gasteiger partial charge >= 0.3 is 0 Å². The average molecular weight is 390 g/mol. The van der Waals surface area contributed by atoms with Crippen LogP contribution in [0.15, 0.2) is 60.7 Å². The normalized spacial score (nSPS) is 9.66. The molecule has 0 saturated heterocycles. The van der Waals surface area contributed by atoms with Crippen molar-refractivity contribution in [2.45, 2.75) is 35.1 Å². The highest BCUT2D eigenvalue weighted by molar-refractivity contribution is 6.01. The van der Waals surface area contributed by atoms with Gasteiger partial charge in [0.05, 0.1) is 0 Å². The molecule has 0 radical (unpaired) electrons. The smallest absolute Gasteiger partial charge is 0.159 e. The monoisotopic (exact) mass is 390 g/mol. The first-order valence-corrected chi connectivity index (χ1v) is 8.86. The summed E-state index contributed by atoms with van der Waals surface area (Å²) in [4.78, 5) is 44.1. The lowest BCUT2D eigenvalue weighted by Gasteiger charge is -2.02. The average Bonchev–Trinajstić information content (AvgIpc) is 2.67. The fourth-order valence-corrected chi connectivity index (χ4v) is 2.62. The molecule has 0 N–H and O–H groups in total. The van der Waals surface area contributed by atoms with Crippen LogP contribution in [0.5, 0.6) is 0 Å². The van der Waals surface area contributed by atoms with E-state index in [9.17, 15) is 19.2 Å². The Balaban J connectivity index is 0.000000292. The second-order valence-corrected chi connectivity index (χ2v) is 6.58. The van der Waals surface area contributed by atoms with Crippen LogP contribution in [-0.4, -0.2) is 23.1 Å². The minimum Gasteiger partial charge on any atom is -0.295 e. The lowest BCUT2D eigenvalue weighted by molar-refractivity contribution is 0.100. The highest BCUT2D eigenvalue weighted by atomic mass is 16.1. The van der Waals surface area contributed by atoms with E-state index in [0.29, 0.717) is 22.3 Å². The largest absolute Gasteiger partial charge is 0.295 e. The molecule has 3 rings (SSSR count). The van der Waals surface area contributed by atoms with Crippen molar-refractivity contribution in [1.82, 2.24) is 0 Å². The SMILES string of the molecule is C.CC(=O)c1ccc(C(C)=O)cc1.CC(=O)c1ccc2cc(C(C)=O)ccc2c1. The molecule has 0 aliphatic rings. The molecular formula is C25H26O4. The number of Topliss-reactive ketones (excluding diaryl/α,β-unsaturated/α-hetero) is 4. The number of hydrogen-bond donors (Lipinski definition) is 0. The number of carbonyl (C=O) groups excluding carboxylic acids is 4. The van der Waals surface area contributed by atoms with Crippen molar-refractivity contribution in [3.8, 4) is 0 Å². The van der Waals surface area contributed by atoms with E-state index in [0.717, 1.165) is 10.8 Å². The Morgan fingerprint density at radius 3 is 0.931 bits per heavy atom. The minimum atomic E-state index is 0. The highest BCUT2D eigenvalue weighted by Gasteiger charge is 2.04. The molecule has 0 amide bonds. The molecule has 0 spiro atoms. The zero-order valence-electron chi connectivity index (χ0n) is 16.4. The van der Waals surface area contributed by atoms with Gasteiger partial charge in [-0.05, 0) is 50.6 Å². The maximum atomic E-state index is 11.2. The second kappa shape index (κ2) is 10.2. The van der Waals surface area contributed by atoms with E-state index in [-0.39, 0.29) is 30.6 Å². The Morgan fingerprint density at radius 2 is 0.690 bits per heavy atom. The Kier molecular flexibility index (Phi) is 8.34. The number of carbonyl (C=O) groups is 4. The van der Waals surface area contributed by atoms with Gasteiger partial charge in [0.15, 0.2) is 23.1 Å². The summed E-state index contributed by atoms with van der Waals surface area (Å²) in [7, 11) is 0. The molecule has 4 nitrogen and oxygen atoms in total. The Morgan fingerprint density at radius 1 is 0.448 bits per heavy atom. The molecule has 29 heavy (non-hydrogen) atoms. The van der Waals surface area contributed by atoms with E-state index < -0.39 is 0 Å². The van der Waals surface area contributed by atoms with Gasteiger partial charge in [-0.15, -0.1) is 0 Å². The Hall–Kier alpha value is -3.40. The molecule has 3 aromatic carbocycles. The second-order valence-electron chi connectivity index (χ2n) is 6.58. The van der Waals surface area contributed by atoms with Crippen LogP contribution < -0.4 is 0 Å². The summed E-state index contributed by atoms with van der Waals surface area (Å²) >= 11 is 0. The van der Waals surface area contributed by atoms with Crippen LogP contribution in [0, 0.1) is 0 Å². The van der Waals surface area contributed by atoms with Gasteiger partial charge in [0.2, 0.25) is 0 Å². The van der Waals surface area contributed by atoms with Gasteiger partial charge in [-0.2, -0.15) is 0 Å². The number of ketones is 4. The van der Waals surface area contributed by atoms with E-state index in [2.05, 4.69) is 0 Å². The van der Waals surface area contributed by atoms with E-state index in [1.165, 1.54) is 13.8 Å². The van der Waals surface area contributed by atoms with Gasteiger partial charge in [0.1, 0.15) is 0 Å². The highest BCUT2D eigenvalue weighted by Crippen LogP contribution is 2.18. The first-order chi connectivity index (χ1) is 13.2. The Labute approximate surface area is 171 Å². The van der Waals surface area contributed by atoms with E-state index in [1.807, 2.05) is 24.3 Å². The van der Waals surface area contributed by atoms with Crippen molar-refractivity contribution < 1.29 is 19.2 Å². The minimum absolute atomic E-state index is 0. The van der Waals surface area contributed by atoms with Crippen LogP contribution in [0.4, 0.5) is 0 Å². The van der Waals surface area contributed by atoms with Gasteiger partial charge in [0, 0.05) is 22.3 Å². The zero-order valence-corrected chi connectivity index (χ0v) is 16.4. The number of benzene rings is 3. The summed E-state index contributed by atoms with van der Waals surface area (Å²) in [6, 6.07) is 17.7. The standard InChI is InChI=1S/C14H12O2.C10H10O2.CH4/c1-9(15)11-3-5-14-8-12(10(2)16)4-6-13(14)7-11;1-7(11)9-3-5-10(6-4-9)8(2)12;/h3-8H,1-2H3;3-6H,1-2H3;1H4. The molecule has 0 bridgehead atoms. The summed E-state index contributed by atoms with van der Waals surface area (Å²) in [5.74, 6) is 0.144. The van der Waals surface area contributed by atoms with Crippen LogP contribution in [0.1, 0.15) is 76.6 Å². The van der Waals surface area contributed by atoms with E-state index in [1.54, 1.807) is 50.2 Å². The quantitative estimate of drug-likeness (QED) is 0.514. The van der Waals surface area contributed by atoms with E-state index >= 15 is 0 Å². The van der Waals surface area contributed by atoms with Crippen LogP contribution in [0.2, 0.25) is 0 Å². The molecule has 3 aromatic rings. The number of rotatable bonds is 4. The van der Waals surface area contributed by atoms with Crippen LogP contribution >= 0.6 is 0 Å². The maximum Gasteiger partial charge on any atom is 0.159 e. The van der Waals surface area contributed by atoms with Gasteiger partial charge in [0.25, 0.3) is 0 Å². The summed E-state index contributed by atoms with van der Waals surface area (Å²) in [5.41, 5.74) is 2.67. The first-order valence-electron chi connectivity index (χ1n) is 8.86. The molecule has 0 aliphatic heterocycles. The lowest BCUT2D eigenvalue weighted by atomic mass is 10.0. The van der Waals surface area contributed by atoms with Crippen LogP contribution in [-0.2, 0) is 0 Å². The van der Waals surface area contributed by atoms with E-state index in [4.69, 9.17) is 0 Å². The fraction of sp³-hybridized carbons (Fsp3) is 0.200. The number of hydrogen-bond acceptors (Lipinski definition) is 4. The van der Waals surface area contributed by atoms with Crippen molar-refractivity contribution in [1.29, 1.82) is 0 Å². The summed E-state index contributed by atoms with van der Waals surface area (Å²) in [6.45, 7) is 6.10. The molecule has 0 heterocycles.